The van der Waals surface area contributed by atoms with Gasteiger partial charge in [-0.15, -0.1) is 0 Å². The molecule has 0 atom stereocenters. The van der Waals surface area contributed by atoms with Gasteiger partial charge in [-0.1, -0.05) is 47.5 Å². The highest BCUT2D eigenvalue weighted by atomic mass is 35.5. The highest BCUT2D eigenvalue weighted by Crippen LogP contribution is 2.22. The fourth-order valence-electron chi connectivity index (χ4n) is 3.26. The molecule has 0 fully saturated rings. The standard InChI is InChI=1S/C23H22Cl2N2O3/c1-15-12-20(16(2)27(15)19-6-4-3-5-7-19)23(29)30-14-22(28)26-11-10-17-8-9-18(24)13-21(17)25/h3-9,12-13H,10-11,14H2,1-2H3,(H,26,28). The number of benzene rings is 2. The number of carbonyl (C=O) groups excluding carboxylic acids is 2. The summed E-state index contributed by atoms with van der Waals surface area (Å²) in [5.41, 5.74) is 3.96. The van der Waals surface area contributed by atoms with E-state index in [0.29, 0.717) is 28.6 Å². The predicted octanol–water partition coefficient (Wildman–Crippen LogP) is 4.92. The minimum Gasteiger partial charge on any atom is -0.452 e. The Labute approximate surface area is 185 Å². The maximum Gasteiger partial charge on any atom is 0.340 e. The van der Waals surface area contributed by atoms with Gasteiger partial charge in [0.05, 0.1) is 5.56 Å². The molecule has 0 aliphatic rings. The molecule has 0 aliphatic carbocycles. The van der Waals surface area contributed by atoms with E-state index < -0.39 is 5.97 Å². The number of carbonyl (C=O) groups is 2. The van der Waals surface area contributed by atoms with E-state index in [-0.39, 0.29) is 12.5 Å². The number of esters is 1. The molecule has 0 spiro atoms. The van der Waals surface area contributed by atoms with Crippen LogP contribution in [0.5, 0.6) is 0 Å². The summed E-state index contributed by atoms with van der Waals surface area (Å²) in [6, 6.07) is 16.7. The number of rotatable bonds is 7. The van der Waals surface area contributed by atoms with Crippen molar-refractivity contribution < 1.29 is 14.3 Å². The molecule has 2 aromatic carbocycles. The van der Waals surface area contributed by atoms with Crippen LogP contribution in [0.25, 0.3) is 5.69 Å². The Hall–Kier alpha value is -2.76. The molecule has 156 valence electrons. The Bertz CT molecular complexity index is 1060. The van der Waals surface area contributed by atoms with E-state index >= 15 is 0 Å². The number of aryl methyl sites for hydroxylation is 1. The number of hydrogen-bond donors (Lipinski definition) is 1. The summed E-state index contributed by atoms with van der Waals surface area (Å²) >= 11 is 12.0. The van der Waals surface area contributed by atoms with Crippen molar-refractivity contribution in [1.82, 2.24) is 9.88 Å². The van der Waals surface area contributed by atoms with Gasteiger partial charge in [-0.05, 0) is 56.2 Å². The van der Waals surface area contributed by atoms with Crippen LogP contribution < -0.4 is 5.32 Å². The first-order valence-corrected chi connectivity index (χ1v) is 10.2. The van der Waals surface area contributed by atoms with Crippen LogP contribution in [0, 0.1) is 13.8 Å². The van der Waals surface area contributed by atoms with Gasteiger partial charge in [0.1, 0.15) is 0 Å². The van der Waals surface area contributed by atoms with Crippen molar-refractivity contribution in [3.8, 4) is 5.69 Å². The molecule has 1 amide bonds. The Balaban J connectivity index is 1.53. The zero-order chi connectivity index (χ0) is 21.7. The smallest absolute Gasteiger partial charge is 0.340 e. The summed E-state index contributed by atoms with van der Waals surface area (Å²) in [7, 11) is 0. The lowest BCUT2D eigenvalue weighted by Gasteiger charge is -2.10. The molecule has 0 bridgehead atoms. The molecule has 3 aromatic rings. The van der Waals surface area contributed by atoms with E-state index in [4.69, 9.17) is 27.9 Å². The number of aromatic nitrogens is 1. The molecular weight excluding hydrogens is 423 g/mol. The van der Waals surface area contributed by atoms with Gasteiger partial charge < -0.3 is 14.6 Å². The van der Waals surface area contributed by atoms with Gasteiger partial charge in [0.2, 0.25) is 0 Å². The molecular formula is C23H22Cl2N2O3. The minimum absolute atomic E-state index is 0.345. The molecule has 0 unspecified atom stereocenters. The second-order valence-electron chi connectivity index (χ2n) is 6.87. The zero-order valence-electron chi connectivity index (χ0n) is 16.7. The molecule has 3 rings (SSSR count). The number of para-hydroxylation sites is 1. The number of nitrogens with one attached hydrogen (secondary N) is 1. The van der Waals surface area contributed by atoms with Gasteiger partial charge in [0.15, 0.2) is 6.61 Å². The molecule has 0 saturated carbocycles. The van der Waals surface area contributed by atoms with Crippen molar-refractivity contribution in [3.63, 3.8) is 0 Å². The quantitative estimate of drug-likeness (QED) is 0.526. The van der Waals surface area contributed by atoms with Crippen molar-refractivity contribution in [1.29, 1.82) is 0 Å². The van der Waals surface area contributed by atoms with Crippen molar-refractivity contribution in [2.75, 3.05) is 13.2 Å². The topological polar surface area (TPSA) is 60.3 Å². The van der Waals surface area contributed by atoms with Crippen molar-refractivity contribution >= 4 is 35.1 Å². The number of ether oxygens (including phenoxy) is 1. The monoisotopic (exact) mass is 444 g/mol. The van der Waals surface area contributed by atoms with E-state index in [0.717, 1.165) is 22.6 Å². The average molecular weight is 445 g/mol. The fraction of sp³-hybridized carbons (Fsp3) is 0.217. The molecule has 1 aromatic heterocycles. The second-order valence-corrected chi connectivity index (χ2v) is 7.71. The van der Waals surface area contributed by atoms with Crippen LogP contribution >= 0.6 is 23.2 Å². The van der Waals surface area contributed by atoms with Crippen LogP contribution in [-0.4, -0.2) is 29.6 Å². The van der Waals surface area contributed by atoms with Gasteiger partial charge in [0.25, 0.3) is 5.91 Å². The summed E-state index contributed by atoms with van der Waals surface area (Å²) in [6.45, 7) is 3.81. The minimum atomic E-state index is -0.527. The Kier molecular flexibility index (Phi) is 7.19. The molecule has 7 heteroatoms. The highest BCUT2D eigenvalue weighted by molar-refractivity contribution is 6.35. The summed E-state index contributed by atoms with van der Waals surface area (Å²) in [4.78, 5) is 24.5. The average Bonchev–Trinajstić information content (AvgIpc) is 3.02. The maximum atomic E-state index is 12.5. The van der Waals surface area contributed by atoms with Gasteiger partial charge in [-0.2, -0.15) is 0 Å². The summed E-state index contributed by atoms with van der Waals surface area (Å²) in [5, 5.41) is 3.84. The largest absolute Gasteiger partial charge is 0.452 e. The number of hydrogen-bond acceptors (Lipinski definition) is 3. The van der Waals surface area contributed by atoms with Crippen LogP contribution in [0.4, 0.5) is 0 Å². The van der Waals surface area contributed by atoms with E-state index in [2.05, 4.69) is 5.32 Å². The summed E-state index contributed by atoms with van der Waals surface area (Å²) < 4.78 is 7.19. The van der Waals surface area contributed by atoms with Gasteiger partial charge in [0, 0.05) is 33.7 Å². The molecule has 30 heavy (non-hydrogen) atoms. The van der Waals surface area contributed by atoms with Crippen molar-refractivity contribution in [2.24, 2.45) is 0 Å². The van der Waals surface area contributed by atoms with Gasteiger partial charge in [-0.25, -0.2) is 4.79 Å². The third-order valence-corrected chi connectivity index (χ3v) is 5.32. The molecule has 0 radical (unpaired) electrons. The Morgan fingerprint density at radius 2 is 1.77 bits per heavy atom. The number of halogens is 2. The van der Waals surface area contributed by atoms with Gasteiger partial charge >= 0.3 is 5.97 Å². The van der Waals surface area contributed by atoms with Crippen LogP contribution in [0.15, 0.2) is 54.6 Å². The van der Waals surface area contributed by atoms with E-state index in [1.807, 2.05) is 54.8 Å². The predicted molar refractivity (Wildman–Crippen MR) is 119 cm³/mol. The number of amides is 1. The van der Waals surface area contributed by atoms with Crippen LogP contribution in [0.1, 0.15) is 27.3 Å². The SMILES string of the molecule is Cc1cc(C(=O)OCC(=O)NCCc2ccc(Cl)cc2Cl)c(C)n1-c1ccccc1. The molecule has 0 aliphatic heterocycles. The second kappa shape index (κ2) is 9.83. The summed E-state index contributed by atoms with van der Waals surface area (Å²) in [5.74, 6) is -0.897. The Morgan fingerprint density at radius 3 is 2.47 bits per heavy atom. The van der Waals surface area contributed by atoms with Crippen LogP contribution in [0.3, 0.4) is 0 Å². The lowest BCUT2D eigenvalue weighted by molar-refractivity contribution is -0.124. The third kappa shape index (κ3) is 5.23. The van der Waals surface area contributed by atoms with Crippen LogP contribution in [-0.2, 0) is 16.0 Å². The fourth-order valence-corrected chi connectivity index (χ4v) is 3.77. The molecule has 0 saturated heterocycles. The van der Waals surface area contributed by atoms with E-state index in [9.17, 15) is 9.59 Å². The first-order valence-electron chi connectivity index (χ1n) is 9.49. The van der Waals surface area contributed by atoms with Crippen molar-refractivity contribution in [3.05, 3.63) is 87.2 Å². The summed E-state index contributed by atoms with van der Waals surface area (Å²) in [6.07, 6.45) is 0.550. The van der Waals surface area contributed by atoms with E-state index in [1.165, 1.54) is 0 Å². The molecule has 1 N–H and O–H groups in total. The van der Waals surface area contributed by atoms with Crippen molar-refractivity contribution in [2.45, 2.75) is 20.3 Å². The third-order valence-electron chi connectivity index (χ3n) is 4.73. The van der Waals surface area contributed by atoms with Gasteiger partial charge in [-0.3, -0.25) is 4.79 Å². The lowest BCUT2D eigenvalue weighted by Crippen LogP contribution is -2.30. The molecule has 1 heterocycles. The zero-order valence-corrected chi connectivity index (χ0v) is 18.3. The van der Waals surface area contributed by atoms with Crippen LogP contribution in [0.2, 0.25) is 10.0 Å². The first kappa shape index (κ1) is 21.9. The number of nitrogens with zero attached hydrogens (tertiary/aromatic N) is 1. The Morgan fingerprint density at radius 1 is 1.03 bits per heavy atom. The highest BCUT2D eigenvalue weighted by Gasteiger charge is 2.18. The lowest BCUT2D eigenvalue weighted by atomic mass is 10.1. The van der Waals surface area contributed by atoms with E-state index in [1.54, 1.807) is 18.2 Å². The molecule has 5 nitrogen and oxygen atoms in total. The first-order chi connectivity index (χ1) is 14.4. The maximum absolute atomic E-state index is 12.5. The normalized spacial score (nSPS) is 10.7.